The van der Waals surface area contributed by atoms with Crippen LogP contribution in [0.2, 0.25) is 23.3 Å². The highest BCUT2D eigenvalue weighted by molar-refractivity contribution is 6.74. The van der Waals surface area contributed by atoms with Gasteiger partial charge in [0.1, 0.15) is 17.5 Å². The van der Waals surface area contributed by atoms with Crippen LogP contribution in [0.3, 0.4) is 0 Å². The van der Waals surface area contributed by atoms with Gasteiger partial charge in [0.05, 0.1) is 24.1 Å². The first-order valence-corrected chi connectivity index (χ1v) is 16.0. The molecule has 3 rings (SSSR count). The zero-order valence-corrected chi connectivity index (χ0v) is 25.0. The number of nitrogens with zero attached hydrogens (tertiary/aromatic N) is 4. The molecule has 0 aliphatic rings. The zero-order chi connectivity index (χ0) is 28.1. The number of aromatic nitrogens is 4. The van der Waals surface area contributed by atoms with Crippen molar-refractivity contribution in [1.29, 1.82) is 0 Å². The molecule has 3 aromatic rings. The van der Waals surface area contributed by atoms with Crippen molar-refractivity contribution in [3.63, 3.8) is 0 Å². The predicted octanol–water partition coefficient (Wildman–Crippen LogP) is 6.24. The van der Waals surface area contributed by atoms with Crippen molar-refractivity contribution in [3.05, 3.63) is 47.2 Å². The molecule has 1 aromatic carbocycles. The average Bonchev–Trinajstić information content (AvgIpc) is 3.32. The Bertz CT molecular complexity index is 1260. The van der Waals surface area contributed by atoms with Crippen molar-refractivity contribution in [2.75, 3.05) is 13.2 Å². The van der Waals surface area contributed by atoms with Gasteiger partial charge in [0.25, 0.3) is 0 Å². The van der Waals surface area contributed by atoms with Crippen molar-refractivity contribution in [3.8, 4) is 28.5 Å². The molecule has 1 atom stereocenters. The molecule has 0 bridgehead atoms. The van der Waals surface area contributed by atoms with Gasteiger partial charge in [-0.15, -0.1) is 0 Å². The Hall–Kier alpha value is -2.95. The maximum Gasteiger partial charge on any atom is 0.404 e. The molecule has 9 nitrogen and oxygen atoms in total. The van der Waals surface area contributed by atoms with Crippen molar-refractivity contribution >= 4 is 26.0 Å². The van der Waals surface area contributed by atoms with E-state index in [1.54, 1.807) is 6.20 Å². The summed E-state index contributed by atoms with van der Waals surface area (Å²) in [6.45, 7) is 16.0. The first-order chi connectivity index (χ1) is 17.8. The number of nitrogens with two attached hydrogens (primary N) is 1. The van der Waals surface area contributed by atoms with Gasteiger partial charge in [-0.05, 0) is 50.2 Å². The third kappa shape index (κ3) is 7.33. The largest absolute Gasteiger partial charge is 0.491 e. The fourth-order valence-electron chi connectivity index (χ4n) is 3.63. The number of hydrogen-bond donors (Lipinski definition) is 1. The van der Waals surface area contributed by atoms with Crippen LogP contribution >= 0.6 is 11.6 Å². The third-order valence-electron chi connectivity index (χ3n) is 6.82. The summed E-state index contributed by atoms with van der Waals surface area (Å²) >= 11 is 6.52. The summed E-state index contributed by atoms with van der Waals surface area (Å²) in [5.74, 6) is 1.14. The van der Waals surface area contributed by atoms with Gasteiger partial charge in [-0.2, -0.15) is 5.10 Å². The van der Waals surface area contributed by atoms with Crippen LogP contribution in [0.5, 0.6) is 5.75 Å². The average molecular weight is 560 g/mol. The summed E-state index contributed by atoms with van der Waals surface area (Å²) < 4.78 is 19.6. The lowest BCUT2D eigenvalue weighted by atomic mass is 10.1. The van der Waals surface area contributed by atoms with E-state index in [9.17, 15) is 4.79 Å². The van der Waals surface area contributed by atoms with E-state index in [0.717, 1.165) is 22.5 Å². The normalized spacial score (nSPS) is 12.8. The lowest BCUT2D eigenvalue weighted by Crippen LogP contribution is -2.45. The van der Waals surface area contributed by atoms with Gasteiger partial charge >= 0.3 is 6.09 Å². The standard InChI is InChI=1S/C27H38ClN5O4Si/c1-8-33-22(12-14-30-33)23-18(2)24(28)32-25(31-23)19-10-9-11-20(16-19)36-17-21(13-15-35-26(29)34)37-38(6,7)27(3,4)5/h9-12,14,16,21H,8,13,15,17H2,1-7H3,(H2,29,34)/t21-/m1/s1. The van der Waals surface area contributed by atoms with E-state index in [-0.39, 0.29) is 24.4 Å². The van der Waals surface area contributed by atoms with Crippen LogP contribution < -0.4 is 10.5 Å². The molecule has 38 heavy (non-hydrogen) atoms. The fourth-order valence-corrected chi connectivity index (χ4v) is 5.17. The van der Waals surface area contributed by atoms with Gasteiger partial charge in [0, 0.05) is 30.3 Å². The lowest BCUT2D eigenvalue weighted by molar-refractivity contribution is 0.0809. The molecular formula is C27H38ClN5O4Si. The van der Waals surface area contributed by atoms with Crippen LogP contribution in [0.4, 0.5) is 4.79 Å². The minimum Gasteiger partial charge on any atom is -0.491 e. The van der Waals surface area contributed by atoms with Crippen LogP contribution in [0.25, 0.3) is 22.8 Å². The molecule has 1 amide bonds. The molecule has 2 N–H and O–H groups in total. The van der Waals surface area contributed by atoms with Gasteiger partial charge in [-0.25, -0.2) is 14.8 Å². The number of ether oxygens (including phenoxy) is 2. The molecule has 2 heterocycles. The van der Waals surface area contributed by atoms with Gasteiger partial charge in [-0.1, -0.05) is 44.5 Å². The number of hydrogen-bond acceptors (Lipinski definition) is 7. The molecular weight excluding hydrogens is 522 g/mol. The van der Waals surface area contributed by atoms with E-state index in [4.69, 9.17) is 36.2 Å². The van der Waals surface area contributed by atoms with Crippen LogP contribution in [0, 0.1) is 6.92 Å². The highest BCUT2D eigenvalue weighted by Crippen LogP contribution is 2.38. The Morgan fingerprint density at radius 1 is 1.21 bits per heavy atom. The quantitative estimate of drug-likeness (QED) is 0.218. The molecule has 0 saturated heterocycles. The molecule has 0 aliphatic carbocycles. The van der Waals surface area contributed by atoms with E-state index in [2.05, 4.69) is 43.9 Å². The van der Waals surface area contributed by atoms with Crippen LogP contribution in [0.1, 0.15) is 39.7 Å². The van der Waals surface area contributed by atoms with Gasteiger partial charge in [-0.3, -0.25) is 4.68 Å². The number of aryl methyl sites for hydroxylation is 1. The second-order valence-corrected chi connectivity index (χ2v) is 15.8. The first kappa shape index (κ1) is 29.6. The summed E-state index contributed by atoms with van der Waals surface area (Å²) in [5, 5.41) is 4.76. The van der Waals surface area contributed by atoms with Gasteiger partial charge in [0.15, 0.2) is 14.1 Å². The highest BCUT2D eigenvalue weighted by Gasteiger charge is 2.39. The number of primary amides is 1. The summed E-state index contributed by atoms with van der Waals surface area (Å²) in [7, 11) is -2.09. The molecule has 0 radical (unpaired) electrons. The fraction of sp³-hybridized carbons (Fsp3) is 0.481. The number of amides is 1. The van der Waals surface area contributed by atoms with E-state index < -0.39 is 14.4 Å². The van der Waals surface area contributed by atoms with Gasteiger partial charge in [0.2, 0.25) is 0 Å². The molecule has 0 unspecified atom stereocenters. The van der Waals surface area contributed by atoms with Crippen LogP contribution in [-0.4, -0.2) is 53.5 Å². The number of benzene rings is 1. The van der Waals surface area contributed by atoms with E-state index in [1.807, 2.05) is 48.9 Å². The van der Waals surface area contributed by atoms with Crippen LogP contribution in [-0.2, 0) is 15.7 Å². The smallest absolute Gasteiger partial charge is 0.404 e. The van der Waals surface area contributed by atoms with Crippen molar-refractivity contribution in [2.45, 2.75) is 71.8 Å². The van der Waals surface area contributed by atoms with Crippen molar-refractivity contribution in [1.82, 2.24) is 19.7 Å². The Labute approximate surface area is 230 Å². The highest BCUT2D eigenvalue weighted by atomic mass is 35.5. The minimum absolute atomic E-state index is 0.0165. The Morgan fingerprint density at radius 2 is 1.95 bits per heavy atom. The number of carbonyl (C=O) groups is 1. The summed E-state index contributed by atoms with van der Waals surface area (Å²) in [5.41, 5.74) is 8.32. The monoisotopic (exact) mass is 559 g/mol. The molecule has 11 heteroatoms. The van der Waals surface area contributed by atoms with E-state index in [1.165, 1.54) is 0 Å². The SMILES string of the molecule is CCn1nccc1-c1nc(-c2cccc(OC[C@@H](CCOC(N)=O)O[Si](C)(C)C(C)(C)C)c2)nc(Cl)c1C. The Morgan fingerprint density at radius 3 is 2.61 bits per heavy atom. The zero-order valence-electron chi connectivity index (χ0n) is 23.2. The van der Waals surface area contributed by atoms with Crippen molar-refractivity contribution < 1.29 is 18.7 Å². The van der Waals surface area contributed by atoms with Gasteiger partial charge < -0.3 is 19.6 Å². The minimum atomic E-state index is -2.09. The topological polar surface area (TPSA) is 114 Å². The third-order valence-corrected chi connectivity index (χ3v) is 11.7. The van der Waals surface area contributed by atoms with E-state index >= 15 is 0 Å². The molecule has 0 spiro atoms. The maximum absolute atomic E-state index is 11.1. The molecule has 2 aromatic heterocycles. The number of carbonyl (C=O) groups excluding carboxylic acids is 1. The molecule has 0 fully saturated rings. The van der Waals surface area contributed by atoms with Crippen LogP contribution in [0.15, 0.2) is 36.5 Å². The Balaban J connectivity index is 1.83. The van der Waals surface area contributed by atoms with E-state index in [0.29, 0.717) is 29.7 Å². The molecule has 206 valence electrons. The summed E-state index contributed by atoms with van der Waals surface area (Å²) in [6.07, 6.45) is 1.15. The first-order valence-electron chi connectivity index (χ1n) is 12.7. The molecule has 0 aliphatic heterocycles. The van der Waals surface area contributed by atoms with Crippen molar-refractivity contribution in [2.24, 2.45) is 5.73 Å². The lowest BCUT2D eigenvalue weighted by Gasteiger charge is -2.39. The summed E-state index contributed by atoms with van der Waals surface area (Å²) in [4.78, 5) is 20.4. The number of rotatable bonds is 11. The second kappa shape index (κ2) is 12.3. The predicted molar refractivity (Wildman–Crippen MR) is 152 cm³/mol. The Kier molecular flexibility index (Phi) is 9.56. The second-order valence-electron chi connectivity index (χ2n) is 10.6. The maximum atomic E-state index is 11.1. The number of halogens is 1. The molecule has 0 saturated carbocycles. The summed E-state index contributed by atoms with van der Waals surface area (Å²) in [6, 6.07) is 9.47.